The number of carbonyl (C=O) groups excluding carboxylic acids is 1. The Hall–Kier alpha value is -2.54. The lowest BCUT2D eigenvalue weighted by Crippen LogP contribution is -2.34. The number of amides is 1. The van der Waals surface area contributed by atoms with Gasteiger partial charge in [0.1, 0.15) is 6.54 Å². The number of fused-ring (bicyclic) bond motifs is 7. The van der Waals surface area contributed by atoms with Crippen LogP contribution in [0.15, 0.2) is 76.6 Å². The number of rotatable bonds is 4. The molecule has 1 amide bonds. The van der Waals surface area contributed by atoms with Gasteiger partial charge in [-0.05, 0) is 77.6 Å². The highest BCUT2D eigenvalue weighted by Gasteiger charge is 2.55. The fourth-order valence-corrected chi connectivity index (χ4v) is 10.0. The van der Waals surface area contributed by atoms with E-state index in [1.54, 1.807) is 4.57 Å². The molecule has 1 aromatic heterocycles. The summed E-state index contributed by atoms with van der Waals surface area (Å²) in [6.07, 6.45) is 3.85. The SMILES string of the molecule is O=C(Cn1c2c(sc1=O)[C@@H](c1ccc(Cl)cc1)[C@@H]1[C@H]3CC[C@@H](C3)[C@H]1S2)Nc1ccc2ccccc2c1. The number of nitrogens with zero attached hydrogens (tertiary/aromatic N) is 1. The molecule has 7 heteroatoms. The van der Waals surface area contributed by atoms with Crippen molar-refractivity contribution in [3.8, 4) is 0 Å². The Morgan fingerprint density at radius 2 is 1.78 bits per heavy atom. The van der Waals surface area contributed by atoms with Gasteiger partial charge in [-0.2, -0.15) is 0 Å². The largest absolute Gasteiger partial charge is 0.325 e. The number of nitrogens with one attached hydrogen (secondary N) is 1. The summed E-state index contributed by atoms with van der Waals surface area (Å²) in [7, 11) is 0. The average Bonchev–Trinajstić information content (AvgIpc) is 3.58. The summed E-state index contributed by atoms with van der Waals surface area (Å²) >= 11 is 9.39. The van der Waals surface area contributed by atoms with Gasteiger partial charge >= 0.3 is 4.87 Å². The first-order chi connectivity index (χ1) is 17.5. The fourth-order valence-electron chi connectivity index (χ4n) is 6.74. The van der Waals surface area contributed by atoms with Crippen LogP contribution in [0.2, 0.25) is 5.02 Å². The zero-order valence-electron chi connectivity index (χ0n) is 19.5. The molecule has 0 spiro atoms. The van der Waals surface area contributed by atoms with Crippen LogP contribution >= 0.6 is 34.7 Å². The second kappa shape index (κ2) is 8.79. The maximum atomic E-state index is 13.3. The Morgan fingerprint density at radius 3 is 2.61 bits per heavy atom. The van der Waals surface area contributed by atoms with E-state index in [1.807, 2.05) is 60.3 Å². The van der Waals surface area contributed by atoms with Crippen molar-refractivity contribution in [3.63, 3.8) is 0 Å². The van der Waals surface area contributed by atoms with Gasteiger partial charge in [-0.3, -0.25) is 14.2 Å². The maximum Gasteiger partial charge on any atom is 0.308 e. The van der Waals surface area contributed by atoms with E-state index in [9.17, 15) is 9.59 Å². The Bertz CT molecular complexity index is 1540. The summed E-state index contributed by atoms with van der Waals surface area (Å²) < 4.78 is 1.71. The first-order valence-electron chi connectivity index (χ1n) is 12.5. The Labute approximate surface area is 222 Å². The molecule has 36 heavy (non-hydrogen) atoms. The van der Waals surface area contributed by atoms with E-state index in [4.69, 9.17) is 11.6 Å². The van der Waals surface area contributed by atoms with Crippen molar-refractivity contribution in [2.24, 2.45) is 17.8 Å². The molecule has 2 heterocycles. The normalized spacial score (nSPS) is 26.1. The number of hydrogen-bond acceptors (Lipinski definition) is 4. The molecule has 4 nitrogen and oxygen atoms in total. The summed E-state index contributed by atoms with van der Waals surface area (Å²) in [5, 5.41) is 7.43. The summed E-state index contributed by atoms with van der Waals surface area (Å²) in [6.45, 7) is 0.0311. The fraction of sp³-hybridized carbons (Fsp3) is 0.310. The lowest BCUT2D eigenvalue weighted by atomic mass is 9.75. The molecule has 5 atom stereocenters. The third-order valence-corrected chi connectivity index (χ3v) is 11.3. The van der Waals surface area contributed by atoms with Crippen LogP contribution in [0.3, 0.4) is 0 Å². The predicted molar refractivity (Wildman–Crippen MR) is 148 cm³/mol. The summed E-state index contributed by atoms with van der Waals surface area (Å²) in [5.74, 6) is 1.97. The van der Waals surface area contributed by atoms with Gasteiger partial charge in [0, 0.05) is 26.8 Å². The number of thioether (sulfide) groups is 1. The van der Waals surface area contributed by atoms with Crippen LogP contribution in [0, 0.1) is 17.8 Å². The number of halogens is 1. The highest BCUT2D eigenvalue weighted by molar-refractivity contribution is 8.00. The van der Waals surface area contributed by atoms with Gasteiger partial charge in [-0.25, -0.2) is 0 Å². The third-order valence-electron chi connectivity index (χ3n) is 8.25. The Morgan fingerprint density at radius 1 is 1.00 bits per heavy atom. The first-order valence-corrected chi connectivity index (χ1v) is 14.6. The zero-order valence-corrected chi connectivity index (χ0v) is 21.9. The van der Waals surface area contributed by atoms with Gasteiger partial charge < -0.3 is 5.32 Å². The van der Waals surface area contributed by atoms with E-state index >= 15 is 0 Å². The monoisotopic (exact) mass is 532 g/mol. The van der Waals surface area contributed by atoms with Crippen LogP contribution < -0.4 is 10.2 Å². The minimum Gasteiger partial charge on any atom is -0.325 e. The number of benzene rings is 3. The highest BCUT2D eigenvalue weighted by Crippen LogP contribution is 2.64. The van der Waals surface area contributed by atoms with E-state index in [0.717, 1.165) is 31.4 Å². The van der Waals surface area contributed by atoms with Crippen LogP contribution in [0.5, 0.6) is 0 Å². The van der Waals surface area contributed by atoms with Crippen LogP contribution in [-0.4, -0.2) is 15.7 Å². The molecule has 0 saturated heterocycles. The lowest BCUT2D eigenvalue weighted by molar-refractivity contribution is -0.116. The molecule has 182 valence electrons. The maximum absolute atomic E-state index is 13.3. The Balaban J connectivity index is 1.22. The van der Waals surface area contributed by atoms with Gasteiger partial charge in [0.25, 0.3) is 0 Å². The van der Waals surface area contributed by atoms with Crippen LogP contribution in [0.25, 0.3) is 10.8 Å². The van der Waals surface area contributed by atoms with Crippen molar-refractivity contribution in [1.82, 2.24) is 4.57 Å². The molecule has 0 radical (unpaired) electrons. The zero-order chi connectivity index (χ0) is 24.4. The molecule has 7 rings (SSSR count). The predicted octanol–water partition coefficient (Wildman–Crippen LogP) is 7.01. The van der Waals surface area contributed by atoms with E-state index in [-0.39, 0.29) is 23.2 Å². The molecule has 3 aliphatic rings. The minimum atomic E-state index is -0.174. The summed E-state index contributed by atoms with van der Waals surface area (Å²) in [4.78, 5) is 27.4. The van der Waals surface area contributed by atoms with Gasteiger partial charge in [0.05, 0.1) is 5.03 Å². The number of thiazole rings is 1. The molecule has 4 aromatic rings. The average molecular weight is 533 g/mol. The number of hydrogen-bond donors (Lipinski definition) is 1. The topological polar surface area (TPSA) is 51.1 Å². The van der Waals surface area contributed by atoms with E-state index in [0.29, 0.717) is 23.0 Å². The standard InChI is InChI=1S/C29H25ClN2O2S2/c30-21-10-7-17(8-11-21)24-25-19-5-6-20(13-19)26(25)35-28-27(24)36-29(34)32(28)15-23(33)31-22-12-9-16-3-1-2-4-18(16)14-22/h1-4,7-12,14,19-20,24-26H,5-6,13,15H2,(H,31,33)/t19-,20-,24-,25-,26+/m0/s1. The van der Waals surface area contributed by atoms with Crippen LogP contribution in [-0.2, 0) is 11.3 Å². The molecule has 1 N–H and O–H groups in total. The molecule has 2 aliphatic carbocycles. The first kappa shape index (κ1) is 22.6. The van der Waals surface area contributed by atoms with Crippen molar-refractivity contribution >= 4 is 57.1 Å². The minimum absolute atomic E-state index is 0.0311. The molecular weight excluding hydrogens is 508 g/mol. The lowest BCUT2D eigenvalue weighted by Gasteiger charge is -2.40. The molecule has 2 bridgehead atoms. The molecule has 3 aromatic carbocycles. The smallest absolute Gasteiger partial charge is 0.308 e. The molecular formula is C29H25ClN2O2S2. The van der Waals surface area contributed by atoms with Gasteiger partial charge in [0.2, 0.25) is 5.91 Å². The van der Waals surface area contributed by atoms with Crippen molar-refractivity contribution in [3.05, 3.63) is 91.9 Å². The van der Waals surface area contributed by atoms with E-state index in [1.165, 1.54) is 36.2 Å². The molecule has 2 saturated carbocycles. The van der Waals surface area contributed by atoms with Crippen molar-refractivity contribution in [2.45, 2.75) is 42.0 Å². The Kier molecular flexibility index (Phi) is 5.53. The molecule has 0 unspecified atom stereocenters. The molecule has 1 aliphatic heterocycles. The molecule has 2 fully saturated rings. The van der Waals surface area contributed by atoms with Gasteiger partial charge in [-0.1, -0.05) is 65.4 Å². The highest BCUT2D eigenvalue weighted by atomic mass is 35.5. The van der Waals surface area contributed by atoms with Gasteiger partial charge in [0.15, 0.2) is 0 Å². The summed E-state index contributed by atoms with van der Waals surface area (Å²) in [6, 6.07) is 22.1. The summed E-state index contributed by atoms with van der Waals surface area (Å²) in [5.41, 5.74) is 1.98. The van der Waals surface area contributed by atoms with Crippen molar-refractivity contribution in [1.29, 1.82) is 0 Å². The van der Waals surface area contributed by atoms with Crippen LogP contribution in [0.1, 0.15) is 35.6 Å². The second-order valence-electron chi connectivity index (χ2n) is 10.3. The number of aromatic nitrogens is 1. The van der Waals surface area contributed by atoms with Crippen molar-refractivity contribution in [2.75, 3.05) is 5.32 Å². The van der Waals surface area contributed by atoms with Crippen molar-refractivity contribution < 1.29 is 4.79 Å². The van der Waals surface area contributed by atoms with Gasteiger partial charge in [-0.15, -0.1) is 11.8 Å². The van der Waals surface area contributed by atoms with E-state index < -0.39 is 0 Å². The number of anilines is 1. The van der Waals surface area contributed by atoms with E-state index in [2.05, 4.69) is 23.5 Å². The second-order valence-corrected chi connectivity index (χ2v) is 12.9. The third kappa shape index (κ3) is 3.73. The quantitative estimate of drug-likeness (QED) is 0.307. The number of carbonyl (C=O) groups is 1. The van der Waals surface area contributed by atoms with Crippen LogP contribution in [0.4, 0.5) is 5.69 Å².